The number of carbonyl (C=O) groups is 1. The Morgan fingerprint density at radius 1 is 1.32 bits per heavy atom. The number of likely N-dealkylation sites (tertiary alicyclic amines) is 1. The molecule has 2 N–H and O–H groups in total. The van der Waals surface area contributed by atoms with E-state index < -0.39 is 0 Å². The summed E-state index contributed by atoms with van der Waals surface area (Å²) in [4.78, 5) is 17.8. The zero-order chi connectivity index (χ0) is 16.9. The molecule has 1 amide bonds. The lowest BCUT2D eigenvalue weighted by Gasteiger charge is -2.31. The van der Waals surface area contributed by atoms with E-state index in [-0.39, 0.29) is 18.3 Å². The summed E-state index contributed by atoms with van der Waals surface area (Å²) in [6, 6.07) is 0. The van der Waals surface area contributed by atoms with Gasteiger partial charge in [0, 0.05) is 38.5 Å². The standard InChI is InChI=1S/C15H24N8O.ClH/c1-2-23-13(9-22-11-17-10-18-22)19-20-15(23)12-4-7-21(8-5-12)14(24)3-6-16;/h10-12H,2-9,16H2,1H3;1H. The highest BCUT2D eigenvalue weighted by Crippen LogP contribution is 2.27. The zero-order valence-electron chi connectivity index (χ0n) is 14.4. The highest BCUT2D eigenvalue weighted by molar-refractivity contribution is 5.85. The Morgan fingerprint density at radius 3 is 2.68 bits per heavy atom. The van der Waals surface area contributed by atoms with Crippen LogP contribution in [0.15, 0.2) is 12.7 Å². The van der Waals surface area contributed by atoms with Gasteiger partial charge in [-0.15, -0.1) is 22.6 Å². The van der Waals surface area contributed by atoms with Crippen molar-refractivity contribution in [1.82, 2.24) is 34.4 Å². The molecule has 0 spiro atoms. The van der Waals surface area contributed by atoms with Gasteiger partial charge in [-0.3, -0.25) is 4.79 Å². The molecule has 3 heterocycles. The molecule has 2 aromatic rings. The Morgan fingerprint density at radius 2 is 2.08 bits per heavy atom. The van der Waals surface area contributed by atoms with Gasteiger partial charge in [0.1, 0.15) is 25.0 Å². The second-order valence-electron chi connectivity index (χ2n) is 6.01. The third-order valence-corrected chi connectivity index (χ3v) is 4.51. The first-order valence-electron chi connectivity index (χ1n) is 8.45. The SMILES string of the molecule is CCn1c(Cn2cncn2)nnc1C1CCN(C(=O)CCN)CC1.Cl. The fourth-order valence-electron chi connectivity index (χ4n) is 3.24. The number of nitrogens with two attached hydrogens (primary N) is 1. The number of hydrogen-bond donors (Lipinski definition) is 1. The van der Waals surface area contributed by atoms with Crippen LogP contribution in [0.25, 0.3) is 0 Å². The van der Waals surface area contributed by atoms with Gasteiger partial charge >= 0.3 is 0 Å². The first-order chi connectivity index (χ1) is 11.7. The maximum absolute atomic E-state index is 11.9. The molecule has 1 aliphatic heterocycles. The van der Waals surface area contributed by atoms with Crippen LogP contribution in [0.3, 0.4) is 0 Å². The minimum atomic E-state index is 0. The first kappa shape index (κ1) is 19.3. The molecule has 138 valence electrons. The number of halogens is 1. The van der Waals surface area contributed by atoms with Crippen molar-refractivity contribution in [2.24, 2.45) is 5.73 Å². The summed E-state index contributed by atoms with van der Waals surface area (Å²) in [5.74, 6) is 2.39. The first-order valence-corrected chi connectivity index (χ1v) is 8.45. The predicted octanol–water partition coefficient (Wildman–Crippen LogP) is 0.414. The average molecular weight is 369 g/mol. The molecule has 0 radical (unpaired) electrons. The quantitative estimate of drug-likeness (QED) is 0.791. The van der Waals surface area contributed by atoms with Gasteiger partial charge < -0.3 is 15.2 Å². The van der Waals surface area contributed by atoms with Crippen LogP contribution in [0.4, 0.5) is 0 Å². The molecule has 25 heavy (non-hydrogen) atoms. The number of hydrogen-bond acceptors (Lipinski definition) is 6. The molecule has 1 aliphatic rings. The second-order valence-corrected chi connectivity index (χ2v) is 6.01. The van der Waals surface area contributed by atoms with Crippen LogP contribution in [0.2, 0.25) is 0 Å². The van der Waals surface area contributed by atoms with Crippen molar-refractivity contribution < 1.29 is 4.79 Å². The molecule has 1 fully saturated rings. The molecule has 0 aliphatic carbocycles. The second kappa shape index (κ2) is 8.91. The van der Waals surface area contributed by atoms with Crippen molar-refractivity contribution in [2.75, 3.05) is 19.6 Å². The minimum Gasteiger partial charge on any atom is -0.343 e. The summed E-state index contributed by atoms with van der Waals surface area (Å²) in [7, 11) is 0. The largest absolute Gasteiger partial charge is 0.343 e. The molecule has 0 saturated carbocycles. The Bertz CT molecular complexity index is 663. The maximum Gasteiger partial charge on any atom is 0.223 e. The van der Waals surface area contributed by atoms with Crippen LogP contribution < -0.4 is 5.73 Å². The molecule has 9 nitrogen and oxygen atoms in total. The summed E-state index contributed by atoms with van der Waals surface area (Å²) in [6.07, 6.45) is 5.45. The van der Waals surface area contributed by atoms with Crippen LogP contribution in [-0.4, -0.2) is 60.0 Å². The Balaban J connectivity index is 0.00000225. The van der Waals surface area contributed by atoms with Crippen molar-refractivity contribution in [3.8, 4) is 0 Å². The van der Waals surface area contributed by atoms with Crippen LogP contribution >= 0.6 is 12.4 Å². The van der Waals surface area contributed by atoms with Gasteiger partial charge in [0.25, 0.3) is 0 Å². The van der Waals surface area contributed by atoms with Gasteiger partial charge in [-0.2, -0.15) is 5.10 Å². The van der Waals surface area contributed by atoms with E-state index in [9.17, 15) is 4.79 Å². The smallest absolute Gasteiger partial charge is 0.223 e. The molecular formula is C15H25ClN8O. The highest BCUT2D eigenvalue weighted by Gasteiger charge is 2.27. The topological polar surface area (TPSA) is 108 Å². The number of carbonyl (C=O) groups excluding carboxylic acids is 1. The van der Waals surface area contributed by atoms with Crippen molar-refractivity contribution in [2.45, 2.75) is 45.2 Å². The van der Waals surface area contributed by atoms with Crippen LogP contribution in [-0.2, 0) is 17.9 Å². The third-order valence-electron chi connectivity index (χ3n) is 4.51. The fourth-order valence-corrected chi connectivity index (χ4v) is 3.24. The molecule has 2 aromatic heterocycles. The predicted molar refractivity (Wildman–Crippen MR) is 94.3 cm³/mol. The normalized spacial score (nSPS) is 15.2. The lowest BCUT2D eigenvalue weighted by atomic mass is 9.95. The number of rotatable bonds is 6. The maximum atomic E-state index is 11.9. The molecule has 0 aromatic carbocycles. The van der Waals surface area contributed by atoms with Crippen molar-refractivity contribution in [1.29, 1.82) is 0 Å². The van der Waals surface area contributed by atoms with Crippen LogP contribution in [0.5, 0.6) is 0 Å². The monoisotopic (exact) mass is 368 g/mol. The van der Waals surface area contributed by atoms with Crippen molar-refractivity contribution in [3.63, 3.8) is 0 Å². The van der Waals surface area contributed by atoms with Gasteiger partial charge in [0.15, 0.2) is 5.82 Å². The highest BCUT2D eigenvalue weighted by atomic mass is 35.5. The number of piperidine rings is 1. The van der Waals surface area contributed by atoms with Gasteiger partial charge in [0.05, 0.1) is 0 Å². The molecule has 3 rings (SSSR count). The van der Waals surface area contributed by atoms with Gasteiger partial charge in [0.2, 0.25) is 5.91 Å². The number of aromatic nitrogens is 6. The summed E-state index contributed by atoms with van der Waals surface area (Å²) in [5, 5.41) is 12.9. The molecule has 0 unspecified atom stereocenters. The van der Waals surface area contributed by atoms with Gasteiger partial charge in [-0.05, 0) is 19.8 Å². The lowest BCUT2D eigenvalue weighted by Crippen LogP contribution is -2.39. The summed E-state index contributed by atoms with van der Waals surface area (Å²) in [6.45, 7) is 5.41. The van der Waals surface area contributed by atoms with Crippen LogP contribution in [0, 0.1) is 0 Å². The Labute approximate surface area is 153 Å². The fraction of sp³-hybridized carbons (Fsp3) is 0.667. The summed E-state index contributed by atoms with van der Waals surface area (Å²) >= 11 is 0. The van der Waals surface area contributed by atoms with E-state index in [0.29, 0.717) is 25.4 Å². The van der Waals surface area contributed by atoms with E-state index in [1.165, 1.54) is 6.33 Å². The molecular weight excluding hydrogens is 344 g/mol. The average Bonchev–Trinajstić information content (AvgIpc) is 3.25. The van der Waals surface area contributed by atoms with Crippen molar-refractivity contribution in [3.05, 3.63) is 24.3 Å². The van der Waals surface area contributed by atoms with E-state index in [4.69, 9.17) is 5.73 Å². The molecule has 10 heteroatoms. The van der Waals surface area contributed by atoms with Crippen molar-refractivity contribution >= 4 is 18.3 Å². The minimum absolute atomic E-state index is 0. The van der Waals surface area contributed by atoms with E-state index in [0.717, 1.165) is 44.1 Å². The van der Waals surface area contributed by atoms with Gasteiger partial charge in [-0.25, -0.2) is 9.67 Å². The summed E-state index contributed by atoms with van der Waals surface area (Å²) in [5.41, 5.74) is 5.47. The zero-order valence-corrected chi connectivity index (χ0v) is 15.2. The Kier molecular flexibility index (Phi) is 6.89. The van der Waals surface area contributed by atoms with E-state index in [2.05, 4.69) is 31.8 Å². The summed E-state index contributed by atoms with van der Waals surface area (Å²) < 4.78 is 3.90. The van der Waals surface area contributed by atoms with Crippen LogP contribution in [0.1, 0.15) is 43.8 Å². The Hall–Kier alpha value is -2.00. The van der Waals surface area contributed by atoms with E-state index in [1.807, 2.05) is 4.90 Å². The molecule has 0 atom stereocenters. The molecule has 1 saturated heterocycles. The number of amides is 1. The van der Waals surface area contributed by atoms with E-state index >= 15 is 0 Å². The van der Waals surface area contributed by atoms with E-state index in [1.54, 1.807) is 11.0 Å². The lowest BCUT2D eigenvalue weighted by molar-refractivity contribution is -0.132. The van der Waals surface area contributed by atoms with Gasteiger partial charge in [-0.1, -0.05) is 0 Å². The number of nitrogens with zero attached hydrogens (tertiary/aromatic N) is 7. The molecule has 0 bridgehead atoms. The third kappa shape index (κ3) is 4.35.